The highest BCUT2D eigenvalue weighted by Gasteiger charge is 2.38. The average Bonchev–Trinajstić information content (AvgIpc) is 2.66. The molecule has 0 fully saturated rings. The van der Waals surface area contributed by atoms with Crippen molar-refractivity contribution in [3.8, 4) is 5.75 Å². The summed E-state index contributed by atoms with van der Waals surface area (Å²) in [5.41, 5.74) is 3.02. The Hall–Kier alpha value is -2.82. The predicted molar refractivity (Wildman–Crippen MR) is 91.3 cm³/mol. The number of benzene rings is 2. The van der Waals surface area contributed by atoms with E-state index < -0.39 is 12.0 Å². The second-order valence-electron chi connectivity index (χ2n) is 6.61. The van der Waals surface area contributed by atoms with E-state index in [-0.39, 0.29) is 11.8 Å². The Balaban J connectivity index is 1.59. The molecule has 0 aliphatic carbocycles. The van der Waals surface area contributed by atoms with Crippen LogP contribution >= 0.6 is 0 Å². The third kappa shape index (κ3) is 2.86. The van der Waals surface area contributed by atoms with Crippen molar-refractivity contribution in [3.05, 3.63) is 65.2 Å². The minimum Gasteiger partial charge on any atom is -0.492 e. The van der Waals surface area contributed by atoms with Crippen LogP contribution in [0.15, 0.2) is 48.5 Å². The van der Waals surface area contributed by atoms with Gasteiger partial charge in [0.25, 0.3) is 0 Å². The van der Waals surface area contributed by atoms with Crippen LogP contribution in [-0.2, 0) is 29.0 Å². The normalized spacial score (nSPS) is 21.7. The van der Waals surface area contributed by atoms with Crippen LogP contribution in [0.4, 0.5) is 0 Å². The number of ether oxygens (including phenoxy) is 1. The fourth-order valence-electron chi connectivity index (χ4n) is 3.70. The van der Waals surface area contributed by atoms with Crippen molar-refractivity contribution < 1.29 is 19.4 Å². The quantitative estimate of drug-likeness (QED) is 0.913. The van der Waals surface area contributed by atoms with Gasteiger partial charge in [0.2, 0.25) is 5.91 Å². The highest BCUT2D eigenvalue weighted by atomic mass is 16.5. The minimum absolute atomic E-state index is 0.142. The summed E-state index contributed by atoms with van der Waals surface area (Å²) >= 11 is 0. The molecule has 2 aliphatic heterocycles. The van der Waals surface area contributed by atoms with Crippen LogP contribution in [0.1, 0.15) is 16.7 Å². The van der Waals surface area contributed by atoms with E-state index in [0.717, 1.165) is 22.4 Å². The van der Waals surface area contributed by atoms with Crippen LogP contribution < -0.4 is 4.74 Å². The van der Waals surface area contributed by atoms with Gasteiger partial charge in [0.15, 0.2) is 0 Å². The van der Waals surface area contributed by atoms with Crippen molar-refractivity contribution in [2.45, 2.75) is 25.4 Å². The standard InChI is InChI=1S/C20H19NO4/c22-19(16-9-14-6-3-4-8-18(14)25-12-16)21-11-15-7-2-1-5-13(15)10-17(21)20(23)24/h1-8,16-17H,9-12H2,(H,23,24). The number of carboxylic acids is 1. The second kappa shape index (κ2) is 6.24. The number of rotatable bonds is 2. The lowest BCUT2D eigenvalue weighted by Crippen LogP contribution is -2.52. The Morgan fingerprint density at radius 3 is 2.40 bits per heavy atom. The molecular weight excluding hydrogens is 318 g/mol. The lowest BCUT2D eigenvalue weighted by Gasteiger charge is -2.37. The van der Waals surface area contributed by atoms with E-state index in [0.29, 0.717) is 26.0 Å². The zero-order chi connectivity index (χ0) is 17.4. The summed E-state index contributed by atoms with van der Waals surface area (Å²) in [6, 6.07) is 14.6. The molecule has 25 heavy (non-hydrogen) atoms. The largest absolute Gasteiger partial charge is 0.492 e. The number of amides is 1. The van der Waals surface area contributed by atoms with Gasteiger partial charge in [-0.1, -0.05) is 42.5 Å². The molecule has 2 heterocycles. The van der Waals surface area contributed by atoms with E-state index in [2.05, 4.69) is 0 Å². The van der Waals surface area contributed by atoms with Crippen LogP contribution in [0.25, 0.3) is 0 Å². The third-order valence-electron chi connectivity index (χ3n) is 5.04. The number of carbonyl (C=O) groups is 2. The number of para-hydroxylation sites is 1. The fraction of sp³-hybridized carbons (Fsp3) is 0.300. The summed E-state index contributed by atoms with van der Waals surface area (Å²) < 4.78 is 5.72. The SMILES string of the molecule is O=C(O)C1Cc2ccccc2CN1C(=O)C1COc2ccccc2C1. The Morgan fingerprint density at radius 1 is 0.960 bits per heavy atom. The van der Waals surface area contributed by atoms with Crippen molar-refractivity contribution in [1.29, 1.82) is 0 Å². The topological polar surface area (TPSA) is 66.8 Å². The fourth-order valence-corrected chi connectivity index (χ4v) is 3.70. The molecule has 0 radical (unpaired) electrons. The molecule has 2 aromatic carbocycles. The first-order valence-corrected chi connectivity index (χ1v) is 8.44. The first-order chi connectivity index (χ1) is 12.1. The Kier molecular flexibility index (Phi) is 3.92. The molecule has 0 spiro atoms. The van der Waals surface area contributed by atoms with E-state index in [9.17, 15) is 14.7 Å². The smallest absolute Gasteiger partial charge is 0.326 e. The number of hydrogen-bond acceptors (Lipinski definition) is 3. The molecular formula is C20H19NO4. The minimum atomic E-state index is -0.958. The van der Waals surface area contributed by atoms with E-state index in [1.54, 1.807) is 0 Å². The predicted octanol–water partition coefficient (Wildman–Crippen LogP) is 2.28. The average molecular weight is 337 g/mol. The highest BCUT2D eigenvalue weighted by molar-refractivity contribution is 5.86. The molecule has 5 nitrogen and oxygen atoms in total. The van der Waals surface area contributed by atoms with Crippen LogP contribution in [0.3, 0.4) is 0 Å². The number of nitrogens with zero attached hydrogens (tertiary/aromatic N) is 1. The van der Waals surface area contributed by atoms with Gasteiger partial charge in [-0.25, -0.2) is 4.79 Å². The molecule has 128 valence electrons. The summed E-state index contributed by atoms with van der Waals surface area (Å²) in [4.78, 5) is 26.3. The first kappa shape index (κ1) is 15.7. The molecule has 2 aromatic rings. The highest BCUT2D eigenvalue weighted by Crippen LogP contribution is 2.30. The summed E-state index contributed by atoms with van der Waals surface area (Å²) in [7, 11) is 0. The lowest BCUT2D eigenvalue weighted by atomic mass is 9.90. The third-order valence-corrected chi connectivity index (χ3v) is 5.04. The Bertz CT molecular complexity index is 832. The van der Waals surface area contributed by atoms with Crippen molar-refractivity contribution in [2.75, 3.05) is 6.61 Å². The van der Waals surface area contributed by atoms with Gasteiger partial charge < -0.3 is 14.7 Å². The van der Waals surface area contributed by atoms with E-state index in [1.165, 1.54) is 4.90 Å². The number of aliphatic carboxylic acids is 1. The van der Waals surface area contributed by atoms with Crippen LogP contribution in [0.2, 0.25) is 0 Å². The van der Waals surface area contributed by atoms with E-state index in [4.69, 9.17) is 4.74 Å². The number of hydrogen-bond donors (Lipinski definition) is 1. The van der Waals surface area contributed by atoms with Crippen molar-refractivity contribution in [3.63, 3.8) is 0 Å². The summed E-state index contributed by atoms with van der Waals surface area (Å²) in [5.74, 6) is -0.635. The first-order valence-electron chi connectivity index (χ1n) is 8.44. The molecule has 0 saturated carbocycles. The van der Waals surface area contributed by atoms with Gasteiger partial charge >= 0.3 is 5.97 Å². The van der Waals surface area contributed by atoms with Crippen LogP contribution in [0.5, 0.6) is 5.75 Å². The van der Waals surface area contributed by atoms with Crippen LogP contribution in [0, 0.1) is 5.92 Å². The van der Waals surface area contributed by atoms with Gasteiger partial charge in [-0.3, -0.25) is 4.79 Å². The maximum atomic E-state index is 13.1. The Labute approximate surface area is 145 Å². The lowest BCUT2D eigenvalue weighted by molar-refractivity contribution is -0.154. The van der Waals surface area contributed by atoms with Gasteiger partial charge in [0.05, 0.1) is 5.92 Å². The summed E-state index contributed by atoms with van der Waals surface area (Å²) in [6.07, 6.45) is 0.931. The molecule has 0 aromatic heterocycles. The summed E-state index contributed by atoms with van der Waals surface area (Å²) in [6.45, 7) is 0.629. The van der Waals surface area contributed by atoms with E-state index in [1.807, 2.05) is 48.5 Å². The zero-order valence-electron chi connectivity index (χ0n) is 13.7. The van der Waals surface area contributed by atoms with Gasteiger partial charge in [0, 0.05) is 13.0 Å². The van der Waals surface area contributed by atoms with Crippen LogP contribution in [-0.4, -0.2) is 34.5 Å². The molecule has 1 N–H and O–H groups in total. The Morgan fingerprint density at radius 2 is 1.64 bits per heavy atom. The second-order valence-corrected chi connectivity index (χ2v) is 6.61. The zero-order valence-corrected chi connectivity index (χ0v) is 13.7. The van der Waals surface area contributed by atoms with Crippen molar-refractivity contribution >= 4 is 11.9 Å². The molecule has 2 atom stereocenters. The molecule has 4 rings (SSSR count). The molecule has 0 bridgehead atoms. The van der Waals surface area contributed by atoms with E-state index >= 15 is 0 Å². The molecule has 2 aliphatic rings. The number of fused-ring (bicyclic) bond motifs is 2. The van der Waals surface area contributed by atoms with Crippen molar-refractivity contribution in [1.82, 2.24) is 4.90 Å². The number of carboxylic acid groups (broad SMARTS) is 1. The monoisotopic (exact) mass is 337 g/mol. The maximum Gasteiger partial charge on any atom is 0.326 e. The molecule has 1 amide bonds. The van der Waals surface area contributed by atoms with Gasteiger partial charge in [-0.2, -0.15) is 0 Å². The molecule has 0 saturated heterocycles. The van der Waals surface area contributed by atoms with Crippen molar-refractivity contribution in [2.24, 2.45) is 5.92 Å². The maximum absolute atomic E-state index is 13.1. The summed E-state index contributed by atoms with van der Waals surface area (Å²) in [5, 5.41) is 9.61. The molecule has 2 unspecified atom stereocenters. The molecule has 5 heteroatoms. The van der Waals surface area contributed by atoms with Gasteiger partial charge in [-0.05, 0) is 29.2 Å². The van der Waals surface area contributed by atoms with Gasteiger partial charge in [-0.15, -0.1) is 0 Å². The number of carbonyl (C=O) groups excluding carboxylic acids is 1. The van der Waals surface area contributed by atoms with Gasteiger partial charge in [0.1, 0.15) is 18.4 Å².